The number of fused-ring (bicyclic) bond motifs is 1. The number of benzene rings is 2. The van der Waals surface area contributed by atoms with Gasteiger partial charge in [-0.1, -0.05) is 6.07 Å². The van der Waals surface area contributed by atoms with Crippen LogP contribution in [0.1, 0.15) is 11.1 Å². The summed E-state index contributed by atoms with van der Waals surface area (Å²) in [5.41, 5.74) is 1.48. The Morgan fingerprint density at radius 1 is 0.917 bits per heavy atom. The van der Waals surface area contributed by atoms with Crippen LogP contribution in [0.3, 0.4) is 0 Å². The molecule has 6 nitrogen and oxygen atoms in total. The monoisotopic (exact) mass is 370 g/mol. The van der Waals surface area contributed by atoms with Crippen LogP contribution >= 0.6 is 0 Å². The van der Waals surface area contributed by atoms with Gasteiger partial charge in [-0.25, -0.2) is 26.4 Å². The molecule has 3 rings (SSSR count). The molecule has 0 atom stereocenters. The molecular formula is C15H15FN2O4S2. The van der Waals surface area contributed by atoms with E-state index in [2.05, 4.69) is 0 Å². The topological polar surface area (TPSA) is 97.5 Å². The van der Waals surface area contributed by atoms with Crippen molar-refractivity contribution in [3.8, 4) is 0 Å². The summed E-state index contributed by atoms with van der Waals surface area (Å²) in [6, 6.07) is 9.06. The molecular weight excluding hydrogens is 355 g/mol. The summed E-state index contributed by atoms with van der Waals surface area (Å²) in [7, 11) is -7.64. The molecule has 0 fully saturated rings. The Morgan fingerprint density at radius 2 is 1.54 bits per heavy atom. The lowest BCUT2D eigenvalue weighted by Gasteiger charge is -2.28. The number of nitrogens with zero attached hydrogens (tertiary/aromatic N) is 1. The minimum absolute atomic E-state index is 0.00468. The van der Waals surface area contributed by atoms with E-state index < -0.39 is 25.9 Å². The van der Waals surface area contributed by atoms with Gasteiger partial charge in [0.15, 0.2) is 0 Å². The van der Waals surface area contributed by atoms with E-state index in [0.29, 0.717) is 12.0 Å². The largest absolute Gasteiger partial charge is 0.243 e. The second-order valence-electron chi connectivity index (χ2n) is 5.52. The quantitative estimate of drug-likeness (QED) is 0.878. The van der Waals surface area contributed by atoms with Gasteiger partial charge in [0.1, 0.15) is 5.82 Å². The van der Waals surface area contributed by atoms with Gasteiger partial charge in [0.05, 0.1) is 9.79 Å². The molecule has 24 heavy (non-hydrogen) atoms. The summed E-state index contributed by atoms with van der Waals surface area (Å²) >= 11 is 0. The van der Waals surface area contributed by atoms with Crippen molar-refractivity contribution in [2.24, 2.45) is 5.14 Å². The molecule has 1 heterocycles. The van der Waals surface area contributed by atoms with Crippen molar-refractivity contribution in [1.29, 1.82) is 0 Å². The van der Waals surface area contributed by atoms with Gasteiger partial charge in [-0.05, 0) is 53.9 Å². The van der Waals surface area contributed by atoms with Crippen LogP contribution in [0.2, 0.25) is 0 Å². The van der Waals surface area contributed by atoms with Crippen molar-refractivity contribution in [3.63, 3.8) is 0 Å². The summed E-state index contributed by atoms with van der Waals surface area (Å²) in [6.45, 7) is 0.305. The first-order valence-electron chi connectivity index (χ1n) is 7.08. The van der Waals surface area contributed by atoms with Gasteiger partial charge in [0, 0.05) is 13.1 Å². The average molecular weight is 370 g/mol. The molecule has 0 aliphatic carbocycles. The minimum atomic E-state index is -3.86. The van der Waals surface area contributed by atoms with Crippen LogP contribution in [-0.2, 0) is 33.0 Å². The molecule has 1 aliphatic heterocycles. The van der Waals surface area contributed by atoms with Crippen molar-refractivity contribution in [2.45, 2.75) is 22.8 Å². The summed E-state index contributed by atoms with van der Waals surface area (Å²) < 4.78 is 62.5. The van der Waals surface area contributed by atoms with Gasteiger partial charge >= 0.3 is 0 Å². The maximum Gasteiger partial charge on any atom is 0.243 e. The molecule has 9 heteroatoms. The zero-order valence-corrected chi connectivity index (χ0v) is 14.1. The van der Waals surface area contributed by atoms with E-state index in [1.54, 1.807) is 6.07 Å². The second kappa shape index (κ2) is 5.92. The van der Waals surface area contributed by atoms with E-state index >= 15 is 0 Å². The van der Waals surface area contributed by atoms with Crippen molar-refractivity contribution >= 4 is 20.0 Å². The first kappa shape index (κ1) is 17.0. The zero-order chi connectivity index (χ0) is 17.5. The Morgan fingerprint density at radius 3 is 2.17 bits per heavy atom. The van der Waals surface area contributed by atoms with E-state index in [-0.39, 0.29) is 22.9 Å². The molecule has 128 valence electrons. The van der Waals surface area contributed by atoms with E-state index in [0.717, 1.165) is 17.7 Å². The molecule has 0 saturated carbocycles. The number of sulfonamides is 2. The van der Waals surface area contributed by atoms with E-state index in [9.17, 15) is 21.2 Å². The summed E-state index contributed by atoms with van der Waals surface area (Å²) in [6.07, 6.45) is 0.459. The first-order chi connectivity index (χ1) is 11.2. The molecule has 2 aromatic carbocycles. The number of rotatable bonds is 3. The molecule has 0 aromatic heterocycles. The number of hydrogen-bond acceptors (Lipinski definition) is 4. The third kappa shape index (κ3) is 3.20. The molecule has 0 bridgehead atoms. The molecule has 0 radical (unpaired) electrons. The summed E-state index contributed by atoms with van der Waals surface area (Å²) in [5, 5.41) is 5.12. The SMILES string of the molecule is NS(=O)(=O)c1ccc2c(c1)CN(S(=O)(=O)c1ccc(F)cc1)CC2. The summed E-state index contributed by atoms with van der Waals surface area (Å²) in [4.78, 5) is -0.0581. The predicted octanol–water partition coefficient (Wildman–Crippen LogP) is 1.22. The van der Waals surface area contributed by atoms with Crippen molar-refractivity contribution in [3.05, 3.63) is 59.4 Å². The van der Waals surface area contributed by atoms with Gasteiger partial charge in [0.25, 0.3) is 0 Å². The fourth-order valence-electron chi connectivity index (χ4n) is 2.65. The van der Waals surface area contributed by atoms with Crippen molar-refractivity contribution < 1.29 is 21.2 Å². The highest BCUT2D eigenvalue weighted by Gasteiger charge is 2.29. The van der Waals surface area contributed by atoms with Crippen LogP contribution in [0.5, 0.6) is 0 Å². The van der Waals surface area contributed by atoms with E-state index in [4.69, 9.17) is 5.14 Å². The number of primary sulfonamides is 1. The van der Waals surface area contributed by atoms with Crippen LogP contribution in [0.4, 0.5) is 4.39 Å². The number of halogens is 1. The Balaban J connectivity index is 1.95. The third-order valence-electron chi connectivity index (χ3n) is 3.93. The van der Waals surface area contributed by atoms with Crippen LogP contribution in [0.15, 0.2) is 52.3 Å². The van der Waals surface area contributed by atoms with Gasteiger partial charge in [-0.3, -0.25) is 0 Å². The zero-order valence-electron chi connectivity index (χ0n) is 12.5. The second-order valence-corrected chi connectivity index (χ2v) is 9.02. The Hall–Kier alpha value is -1.81. The number of nitrogens with two attached hydrogens (primary N) is 1. The minimum Gasteiger partial charge on any atom is -0.225 e. The maximum atomic E-state index is 13.0. The summed E-state index contributed by atoms with van der Waals surface area (Å²) in [5.74, 6) is -0.518. The molecule has 2 aromatic rings. The van der Waals surface area contributed by atoms with Gasteiger partial charge in [0.2, 0.25) is 20.0 Å². The van der Waals surface area contributed by atoms with Gasteiger partial charge in [-0.2, -0.15) is 4.31 Å². The van der Waals surface area contributed by atoms with E-state index in [1.807, 2.05) is 0 Å². The molecule has 2 N–H and O–H groups in total. The molecule has 0 saturated heterocycles. The lowest BCUT2D eigenvalue weighted by atomic mass is 10.0. The fraction of sp³-hybridized carbons (Fsp3) is 0.200. The lowest BCUT2D eigenvalue weighted by Crippen LogP contribution is -2.36. The Labute approximate surface area is 139 Å². The van der Waals surface area contributed by atoms with Crippen molar-refractivity contribution in [2.75, 3.05) is 6.54 Å². The molecule has 0 unspecified atom stereocenters. The molecule has 0 spiro atoms. The average Bonchev–Trinajstić information content (AvgIpc) is 2.53. The highest BCUT2D eigenvalue weighted by molar-refractivity contribution is 7.89. The van der Waals surface area contributed by atoms with Crippen LogP contribution in [0.25, 0.3) is 0 Å². The third-order valence-corrected chi connectivity index (χ3v) is 6.71. The van der Waals surface area contributed by atoms with Crippen LogP contribution in [0, 0.1) is 5.82 Å². The Bertz CT molecular complexity index is 987. The van der Waals surface area contributed by atoms with Gasteiger partial charge < -0.3 is 0 Å². The van der Waals surface area contributed by atoms with Crippen LogP contribution in [-0.4, -0.2) is 27.7 Å². The predicted molar refractivity (Wildman–Crippen MR) is 85.5 cm³/mol. The smallest absolute Gasteiger partial charge is 0.225 e. The maximum absolute atomic E-state index is 13.0. The highest BCUT2D eigenvalue weighted by atomic mass is 32.2. The van der Waals surface area contributed by atoms with Gasteiger partial charge in [-0.15, -0.1) is 0 Å². The first-order valence-corrected chi connectivity index (χ1v) is 10.1. The molecule has 1 aliphatic rings. The Kier molecular flexibility index (Phi) is 4.20. The van der Waals surface area contributed by atoms with E-state index in [1.165, 1.54) is 28.6 Å². The van der Waals surface area contributed by atoms with Crippen molar-refractivity contribution in [1.82, 2.24) is 4.31 Å². The standard InChI is InChI=1S/C15H15FN2O4S2/c16-13-2-5-14(6-3-13)24(21,22)18-8-7-11-1-4-15(23(17,19)20)9-12(11)10-18/h1-6,9H,7-8,10H2,(H2,17,19,20). The number of hydrogen-bond donors (Lipinski definition) is 1. The normalized spacial score (nSPS) is 15.9. The fourth-order valence-corrected chi connectivity index (χ4v) is 4.63. The highest BCUT2D eigenvalue weighted by Crippen LogP contribution is 2.26. The lowest BCUT2D eigenvalue weighted by molar-refractivity contribution is 0.391. The van der Waals surface area contributed by atoms with Crippen LogP contribution < -0.4 is 5.14 Å². The molecule has 0 amide bonds.